The summed E-state index contributed by atoms with van der Waals surface area (Å²) < 4.78 is 31.6. The number of benzene rings is 1. The van der Waals surface area contributed by atoms with Crippen LogP contribution in [0.4, 0.5) is 8.78 Å². The quantitative estimate of drug-likeness (QED) is 0.777. The van der Waals surface area contributed by atoms with Gasteiger partial charge in [-0.1, -0.05) is 19.3 Å². The number of ether oxygens (including phenoxy) is 1. The van der Waals surface area contributed by atoms with Crippen molar-refractivity contribution >= 4 is 5.78 Å². The molecule has 1 fully saturated rings. The maximum atomic E-state index is 13.2. The molecule has 0 bridgehead atoms. The van der Waals surface area contributed by atoms with Gasteiger partial charge >= 0.3 is 0 Å². The van der Waals surface area contributed by atoms with Crippen LogP contribution >= 0.6 is 0 Å². The fraction of sp³-hybridized carbons (Fsp3) is 0.533. The van der Waals surface area contributed by atoms with Crippen LogP contribution in [-0.4, -0.2) is 19.0 Å². The van der Waals surface area contributed by atoms with Crippen molar-refractivity contribution in [3.8, 4) is 0 Å². The molecular formula is C15H18F2O2. The van der Waals surface area contributed by atoms with Crippen LogP contribution in [0.1, 0.15) is 42.5 Å². The number of Topliss-reactive ketones (excluding diaryl/α,β-unsaturated/α-hetero) is 1. The first-order chi connectivity index (χ1) is 9.11. The highest BCUT2D eigenvalue weighted by atomic mass is 19.1. The van der Waals surface area contributed by atoms with E-state index in [2.05, 4.69) is 0 Å². The molecule has 0 aromatic heterocycles. The Bertz CT molecular complexity index is 433. The molecule has 104 valence electrons. The predicted molar refractivity (Wildman–Crippen MR) is 68.1 cm³/mol. The lowest BCUT2D eigenvalue weighted by atomic mass is 9.82. The number of carbonyl (C=O) groups excluding carboxylic acids is 1. The van der Waals surface area contributed by atoms with Crippen molar-refractivity contribution < 1.29 is 18.3 Å². The van der Waals surface area contributed by atoms with Gasteiger partial charge in [-0.2, -0.15) is 0 Å². The molecule has 0 amide bonds. The van der Waals surface area contributed by atoms with Gasteiger partial charge in [-0.3, -0.25) is 4.79 Å². The molecule has 0 radical (unpaired) electrons. The molecule has 19 heavy (non-hydrogen) atoms. The highest BCUT2D eigenvalue weighted by molar-refractivity contribution is 5.99. The lowest BCUT2D eigenvalue weighted by Crippen LogP contribution is -2.33. The Balaban J connectivity index is 2.19. The number of methoxy groups -OCH3 is 1. The lowest BCUT2D eigenvalue weighted by molar-refractivity contribution is 0.0313. The molecule has 4 heteroatoms. The highest BCUT2D eigenvalue weighted by Crippen LogP contribution is 2.29. The van der Waals surface area contributed by atoms with Crippen LogP contribution < -0.4 is 0 Å². The van der Waals surface area contributed by atoms with Gasteiger partial charge in [-0.05, 0) is 30.9 Å². The number of carbonyl (C=O) groups is 1. The molecule has 0 aliphatic heterocycles. The van der Waals surface area contributed by atoms with E-state index in [0.717, 1.165) is 43.9 Å². The molecule has 2 nitrogen and oxygen atoms in total. The summed E-state index contributed by atoms with van der Waals surface area (Å²) in [6.07, 6.45) is 4.60. The second-order valence-corrected chi connectivity index (χ2v) is 5.08. The Kier molecular flexibility index (Phi) is 4.64. The van der Waals surface area contributed by atoms with Gasteiger partial charge in [-0.15, -0.1) is 0 Å². The highest BCUT2D eigenvalue weighted by Gasteiger charge is 2.30. The summed E-state index contributed by atoms with van der Waals surface area (Å²) in [5.74, 6) is -1.64. The first kappa shape index (κ1) is 14.1. The molecule has 0 spiro atoms. The van der Waals surface area contributed by atoms with Crippen molar-refractivity contribution in [3.05, 3.63) is 35.4 Å². The lowest BCUT2D eigenvalue weighted by Gasteiger charge is -2.28. The first-order valence-electron chi connectivity index (χ1n) is 6.65. The summed E-state index contributed by atoms with van der Waals surface area (Å²) in [6, 6.07) is 2.90. The molecule has 1 atom stereocenters. The van der Waals surface area contributed by atoms with Gasteiger partial charge in [0.2, 0.25) is 0 Å². The molecular weight excluding hydrogens is 250 g/mol. The van der Waals surface area contributed by atoms with Crippen molar-refractivity contribution in [3.63, 3.8) is 0 Å². The molecule has 1 aromatic rings. The third-order valence-corrected chi connectivity index (χ3v) is 3.74. The van der Waals surface area contributed by atoms with Gasteiger partial charge in [-0.25, -0.2) is 8.78 Å². The van der Waals surface area contributed by atoms with Gasteiger partial charge in [0.15, 0.2) is 5.78 Å². The number of ketones is 1. The van der Waals surface area contributed by atoms with E-state index in [1.165, 1.54) is 13.5 Å². The number of hydrogen-bond donors (Lipinski definition) is 0. The average molecular weight is 268 g/mol. The molecule has 0 heterocycles. The van der Waals surface area contributed by atoms with Crippen LogP contribution in [0.25, 0.3) is 0 Å². The monoisotopic (exact) mass is 268 g/mol. The first-order valence-corrected chi connectivity index (χ1v) is 6.65. The van der Waals surface area contributed by atoms with Crippen molar-refractivity contribution in [2.45, 2.75) is 38.2 Å². The second kappa shape index (κ2) is 6.24. The number of hydrogen-bond acceptors (Lipinski definition) is 2. The largest absolute Gasteiger partial charge is 0.373 e. The zero-order valence-electron chi connectivity index (χ0n) is 11.0. The van der Waals surface area contributed by atoms with Crippen LogP contribution in [-0.2, 0) is 4.74 Å². The van der Waals surface area contributed by atoms with Crippen LogP contribution in [0.5, 0.6) is 0 Å². The summed E-state index contributed by atoms with van der Waals surface area (Å²) in [5.41, 5.74) is 0.0509. The predicted octanol–water partition coefficient (Wildman–Crippen LogP) is 3.74. The third kappa shape index (κ3) is 3.38. The number of rotatable bonds is 4. The standard InChI is InChI=1S/C15H18F2O2/c1-19-15(10-5-3-2-4-6-10)14(18)11-7-12(16)9-13(17)8-11/h7-10,15H,2-6H2,1H3. The minimum absolute atomic E-state index is 0.0509. The van der Waals surface area contributed by atoms with E-state index in [0.29, 0.717) is 0 Å². The summed E-state index contributed by atoms with van der Waals surface area (Å²) in [4.78, 5) is 12.3. The van der Waals surface area contributed by atoms with Crippen molar-refractivity contribution in [1.29, 1.82) is 0 Å². The maximum absolute atomic E-state index is 13.2. The Labute approximate surface area is 111 Å². The van der Waals surface area contributed by atoms with Crippen LogP contribution in [0.15, 0.2) is 18.2 Å². The van der Waals surface area contributed by atoms with Crippen molar-refractivity contribution in [1.82, 2.24) is 0 Å². The Morgan fingerprint density at radius 1 is 1.16 bits per heavy atom. The third-order valence-electron chi connectivity index (χ3n) is 3.74. The zero-order chi connectivity index (χ0) is 13.8. The average Bonchev–Trinajstić information content (AvgIpc) is 2.39. The van der Waals surface area contributed by atoms with E-state index >= 15 is 0 Å². The second-order valence-electron chi connectivity index (χ2n) is 5.08. The van der Waals surface area contributed by atoms with E-state index in [4.69, 9.17) is 4.74 Å². The molecule has 1 aliphatic rings. The molecule has 1 aromatic carbocycles. The van der Waals surface area contributed by atoms with Gasteiger partial charge in [0.05, 0.1) is 0 Å². The molecule has 1 aliphatic carbocycles. The molecule has 1 saturated carbocycles. The van der Waals surface area contributed by atoms with Crippen LogP contribution in [0.3, 0.4) is 0 Å². The maximum Gasteiger partial charge on any atom is 0.192 e. The Hall–Kier alpha value is -1.29. The van der Waals surface area contributed by atoms with E-state index in [1.54, 1.807) is 0 Å². The minimum Gasteiger partial charge on any atom is -0.373 e. The smallest absolute Gasteiger partial charge is 0.192 e. The van der Waals surface area contributed by atoms with E-state index < -0.39 is 17.7 Å². The minimum atomic E-state index is -0.734. The fourth-order valence-electron chi connectivity index (χ4n) is 2.81. The summed E-state index contributed by atoms with van der Waals surface area (Å²) >= 11 is 0. The van der Waals surface area contributed by atoms with Gasteiger partial charge in [0.1, 0.15) is 17.7 Å². The Morgan fingerprint density at radius 2 is 1.74 bits per heavy atom. The van der Waals surface area contributed by atoms with Gasteiger partial charge in [0.25, 0.3) is 0 Å². The molecule has 0 saturated heterocycles. The van der Waals surface area contributed by atoms with Crippen molar-refractivity contribution in [2.24, 2.45) is 5.92 Å². The van der Waals surface area contributed by atoms with Crippen molar-refractivity contribution in [2.75, 3.05) is 7.11 Å². The number of halogens is 2. The summed E-state index contributed by atoms with van der Waals surface area (Å²) in [6.45, 7) is 0. The molecule has 2 rings (SSSR count). The van der Waals surface area contributed by atoms with E-state index in [9.17, 15) is 13.6 Å². The normalized spacial score (nSPS) is 18.3. The summed E-state index contributed by atoms with van der Waals surface area (Å²) in [5, 5.41) is 0. The van der Waals surface area contributed by atoms with E-state index in [-0.39, 0.29) is 17.3 Å². The topological polar surface area (TPSA) is 26.3 Å². The van der Waals surface area contributed by atoms with Crippen LogP contribution in [0, 0.1) is 17.6 Å². The summed E-state index contributed by atoms with van der Waals surface area (Å²) in [7, 11) is 1.48. The zero-order valence-corrected chi connectivity index (χ0v) is 11.0. The SMILES string of the molecule is COC(C(=O)c1cc(F)cc(F)c1)C1CCCCC1. The van der Waals surface area contributed by atoms with Crippen LogP contribution in [0.2, 0.25) is 0 Å². The fourth-order valence-corrected chi connectivity index (χ4v) is 2.81. The molecule has 1 unspecified atom stereocenters. The molecule has 0 N–H and O–H groups in total. The van der Waals surface area contributed by atoms with Gasteiger partial charge < -0.3 is 4.74 Å². The van der Waals surface area contributed by atoms with E-state index in [1.807, 2.05) is 0 Å². The van der Waals surface area contributed by atoms with Gasteiger partial charge in [0, 0.05) is 18.7 Å². The Morgan fingerprint density at radius 3 is 2.26 bits per heavy atom.